The Kier molecular flexibility index (Phi) is 5.21. The quantitative estimate of drug-likeness (QED) is 0.575. The van der Waals surface area contributed by atoms with Crippen LogP contribution in [0.5, 0.6) is 0 Å². The van der Waals surface area contributed by atoms with Gasteiger partial charge in [0, 0.05) is 13.1 Å². The Morgan fingerprint density at radius 2 is 1.94 bits per heavy atom. The molecule has 0 radical (unpaired) electrons. The number of likely N-dealkylation sites (tertiary alicyclic amines) is 1. The summed E-state index contributed by atoms with van der Waals surface area (Å²) in [7, 11) is 1.35. The minimum absolute atomic E-state index is 0.159. The van der Waals surface area contributed by atoms with E-state index in [9.17, 15) is 14.4 Å². The highest BCUT2D eigenvalue weighted by atomic mass is 35.5. The molecular formula is C10H15ClN2O4. The van der Waals surface area contributed by atoms with E-state index in [2.05, 4.69) is 10.1 Å². The number of urea groups is 1. The van der Waals surface area contributed by atoms with E-state index in [1.807, 2.05) is 0 Å². The third-order valence-electron chi connectivity index (χ3n) is 2.68. The number of hydrogen-bond donors (Lipinski definition) is 1. The highest BCUT2D eigenvalue weighted by Crippen LogP contribution is 2.18. The van der Waals surface area contributed by atoms with Crippen LogP contribution in [0.3, 0.4) is 0 Å². The lowest BCUT2D eigenvalue weighted by molar-refractivity contribution is -0.146. The van der Waals surface area contributed by atoms with Crippen LogP contribution in [0.4, 0.5) is 4.79 Å². The van der Waals surface area contributed by atoms with E-state index in [-0.39, 0.29) is 17.8 Å². The number of ether oxygens (including phenoxy) is 1. The van der Waals surface area contributed by atoms with Crippen molar-refractivity contribution in [2.75, 3.05) is 26.1 Å². The van der Waals surface area contributed by atoms with E-state index >= 15 is 0 Å². The number of nitrogens with one attached hydrogen (secondary N) is 1. The molecule has 1 fully saturated rings. The van der Waals surface area contributed by atoms with Gasteiger partial charge in [0.25, 0.3) is 0 Å². The zero-order chi connectivity index (χ0) is 12.8. The maximum Gasteiger partial charge on any atom is 0.324 e. The van der Waals surface area contributed by atoms with Crippen LogP contribution in [0.1, 0.15) is 12.8 Å². The van der Waals surface area contributed by atoms with E-state index in [0.29, 0.717) is 25.9 Å². The normalized spacial score (nSPS) is 16.5. The van der Waals surface area contributed by atoms with Gasteiger partial charge in [-0.1, -0.05) is 0 Å². The molecule has 6 nitrogen and oxygen atoms in total. The lowest BCUT2D eigenvalue weighted by atomic mass is 9.97. The van der Waals surface area contributed by atoms with Crippen molar-refractivity contribution in [3.63, 3.8) is 0 Å². The molecule has 1 saturated heterocycles. The van der Waals surface area contributed by atoms with Gasteiger partial charge in [0.15, 0.2) is 0 Å². The first kappa shape index (κ1) is 13.8. The second kappa shape index (κ2) is 6.44. The number of piperidine rings is 1. The molecule has 0 spiro atoms. The van der Waals surface area contributed by atoms with E-state index in [1.54, 1.807) is 0 Å². The van der Waals surface area contributed by atoms with Crippen molar-refractivity contribution in [2.24, 2.45) is 5.92 Å². The minimum atomic E-state index is -0.522. The molecule has 7 heteroatoms. The second-order valence-electron chi connectivity index (χ2n) is 3.77. The van der Waals surface area contributed by atoms with Crippen molar-refractivity contribution in [1.82, 2.24) is 10.2 Å². The van der Waals surface area contributed by atoms with E-state index < -0.39 is 11.9 Å². The number of imide groups is 1. The number of amides is 3. The average molecular weight is 263 g/mol. The van der Waals surface area contributed by atoms with Crippen LogP contribution < -0.4 is 5.32 Å². The third-order valence-corrected chi connectivity index (χ3v) is 2.93. The van der Waals surface area contributed by atoms with Crippen molar-refractivity contribution < 1.29 is 19.1 Å². The molecule has 1 rings (SSSR count). The van der Waals surface area contributed by atoms with E-state index in [0.717, 1.165) is 0 Å². The monoisotopic (exact) mass is 262 g/mol. The van der Waals surface area contributed by atoms with Gasteiger partial charge in [-0.05, 0) is 12.8 Å². The fourth-order valence-corrected chi connectivity index (χ4v) is 1.78. The van der Waals surface area contributed by atoms with Crippen LogP contribution >= 0.6 is 11.6 Å². The number of esters is 1. The van der Waals surface area contributed by atoms with Crippen molar-refractivity contribution >= 4 is 29.5 Å². The van der Waals surface area contributed by atoms with Crippen LogP contribution in [-0.2, 0) is 14.3 Å². The highest BCUT2D eigenvalue weighted by Gasteiger charge is 2.28. The highest BCUT2D eigenvalue weighted by molar-refractivity contribution is 6.28. The number of halogens is 1. The number of nitrogens with zero attached hydrogens (tertiary/aromatic N) is 1. The summed E-state index contributed by atoms with van der Waals surface area (Å²) in [6, 6.07) is -0.459. The maximum absolute atomic E-state index is 11.5. The molecule has 0 aromatic heterocycles. The van der Waals surface area contributed by atoms with Crippen molar-refractivity contribution in [2.45, 2.75) is 12.8 Å². The van der Waals surface area contributed by atoms with Crippen molar-refractivity contribution in [3.05, 3.63) is 0 Å². The van der Waals surface area contributed by atoms with Gasteiger partial charge >= 0.3 is 12.0 Å². The Hall–Kier alpha value is -1.30. The zero-order valence-electron chi connectivity index (χ0n) is 9.57. The Bertz CT molecular complexity index is 313. The van der Waals surface area contributed by atoms with E-state index in [1.165, 1.54) is 12.0 Å². The molecule has 0 aliphatic carbocycles. The van der Waals surface area contributed by atoms with Crippen LogP contribution in [-0.4, -0.2) is 48.9 Å². The Morgan fingerprint density at radius 1 is 1.35 bits per heavy atom. The third kappa shape index (κ3) is 3.89. The SMILES string of the molecule is COC(=O)C1CCN(C(=O)NC(=O)CCl)CC1. The van der Waals surface area contributed by atoms with Crippen LogP contribution in [0.25, 0.3) is 0 Å². The van der Waals surface area contributed by atoms with E-state index in [4.69, 9.17) is 11.6 Å². The van der Waals surface area contributed by atoms with Gasteiger partial charge < -0.3 is 9.64 Å². The summed E-state index contributed by atoms with van der Waals surface area (Å²) < 4.78 is 4.64. The first-order valence-electron chi connectivity index (χ1n) is 5.31. The lowest BCUT2D eigenvalue weighted by Gasteiger charge is -2.30. The van der Waals surface area contributed by atoms with Crippen molar-refractivity contribution in [3.8, 4) is 0 Å². The topological polar surface area (TPSA) is 75.7 Å². The molecule has 1 heterocycles. The lowest BCUT2D eigenvalue weighted by Crippen LogP contribution is -2.47. The maximum atomic E-state index is 11.5. The molecule has 1 aliphatic rings. The molecule has 0 unspecified atom stereocenters. The average Bonchev–Trinajstić information content (AvgIpc) is 2.37. The number of carbonyl (C=O) groups excluding carboxylic acids is 3. The number of alkyl halides is 1. The largest absolute Gasteiger partial charge is 0.469 e. The van der Waals surface area contributed by atoms with Gasteiger partial charge in [-0.25, -0.2) is 4.79 Å². The first-order valence-corrected chi connectivity index (χ1v) is 5.84. The van der Waals surface area contributed by atoms with Gasteiger partial charge in [-0.2, -0.15) is 0 Å². The zero-order valence-corrected chi connectivity index (χ0v) is 10.3. The summed E-state index contributed by atoms with van der Waals surface area (Å²) in [5.41, 5.74) is 0. The Morgan fingerprint density at radius 3 is 2.41 bits per heavy atom. The fourth-order valence-electron chi connectivity index (χ4n) is 1.72. The number of carbonyl (C=O) groups is 3. The Labute approximate surface area is 104 Å². The molecule has 0 atom stereocenters. The number of rotatable bonds is 2. The molecule has 0 aromatic rings. The van der Waals surface area contributed by atoms with Crippen LogP contribution in [0.2, 0.25) is 0 Å². The molecule has 1 aliphatic heterocycles. The van der Waals surface area contributed by atoms with Gasteiger partial charge in [0.05, 0.1) is 13.0 Å². The van der Waals surface area contributed by atoms with Crippen LogP contribution in [0, 0.1) is 5.92 Å². The standard InChI is InChI=1S/C10H15ClN2O4/c1-17-9(15)7-2-4-13(5-3-7)10(16)12-8(14)6-11/h7H,2-6H2,1H3,(H,12,14,16). The summed E-state index contributed by atoms with van der Waals surface area (Å²) in [6.07, 6.45) is 1.10. The number of methoxy groups -OCH3 is 1. The predicted molar refractivity (Wildman–Crippen MR) is 60.6 cm³/mol. The summed E-state index contributed by atoms with van der Waals surface area (Å²) >= 11 is 5.27. The van der Waals surface area contributed by atoms with Gasteiger partial charge in [0.2, 0.25) is 5.91 Å². The van der Waals surface area contributed by atoms with Gasteiger partial charge in [-0.3, -0.25) is 14.9 Å². The summed E-state index contributed by atoms with van der Waals surface area (Å²) in [6.45, 7) is 0.863. The summed E-state index contributed by atoms with van der Waals surface area (Å²) in [4.78, 5) is 35.2. The van der Waals surface area contributed by atoms with Gasteiger partial charge in [-0.15, -0.1) is 11.6 Å². The molecular weight excluding hydrogens is 248 g/mol. The molecule has 96 valence electrons. The predicted octanol–water partition coefficient (Wildman–Crippen LogP) is 0.346. The molecule has 0 aromatic carbocycles. The Balaban J connectivity index is 2.38. The molecule has 0 saturated carbocycles. The molecule has 17 heavy (non-hydrogen) atoms. The molecule has 0 bridgehead atoms. The summed E-state index contributed by atoms with van der Waals surface area (Å²) in [5, 5.41) is 2.16. The first-order chi connectivity index (χ1) is 8.08. The smallest absolute Gasteiger partial charge is 0.324 e. The fraction of sp³-hybridized carbons (Fsp3) is 0.700. The molecule has 1 N–H and O–H groups in total. The minimum Gasteiger partial charge on any atom is -0.469 e. The number of hydrogen-bond acceptors (Lipinski definition) is 4. The second-order valence-corrected chi connectivity index (χ2v) is 4.04. The summed E-state index contributed by atoms with van der Waals surface area (Å²) in [5.74, 6) is -1.17. The van der Waals surface area contributed by atoms with Crippen LogP contribution in [0.15, 0.2) is 0 Å². The molecule has 3 amide bonds. The van der Waals surface area contributed by atoms with Gasteiger partial charge in [0.1, 0.15) is 5.88 Å². The van der Waals surface area contributed by atoms with Crippen molar-refractivity contribution in [1.29, 1.82) is 0 Å².